The smallest absolute Gasteiger partial charge is 0.307 e. The van der Waals surface area contributed by atoms with Crippen LogP contribution in [-0.2, 0) is 9.59 Å². The molecule has 4 nitrogen and oxygen atoms in total. The number of aliphatic carboxylic acids is 1. The molecule has 0 aromatic heterocycles. The fourth-order valence-corrected chi connectivity index (χ4v) is 3.61. The number of nitrogens with one attached hydrogen (secondary N) is 1. The first-order valence-electron chi connectivity index (χ1n) is 7.21. The monoisotopic (exact) mass is 267 g/mol. The van der Waals surface area contributed by atoms with Crippen LogP contribution in [0.15, 0.2) is 0 Å². The highest BCUT2D eigenvalue weighted by Gasteiger charge is 2.66. The van der Waals surface area contributed by atoms with Crippen molar-refractivity contribution in [1.82, 2.24) is 5.32 Å². The quantitative estimate of drug-likeness (QED) is 0.825. The van der Waals surface area contributed by atoms with Crippen molar-refractivity contribution < 1.29 is 14.7 Å². The summed E-state index contributed by atoms with van der Waals surface area (Å²) in [6.45, 7) is 8.09. The Bertz CT molecular complexity index is 400. The van der Waals surface area contributed by atoms with Gasteiger partial charge in [0.25, 0.3) is 0 Å². The Labute approximate surface area is 115 Å². The lowest BCUT2D eigenvalue weighted by Gasteiger charge is -2.39. The second-order valence-corrected chi connectivity index (χ2v) is 7.41. The van der Waals surface area contributed by atoms with Crippen LogP contribution in [0.25, 0.3) is 0 Å². The molecule has 2 aliphatic rings. The first kappa shape index (κ1) is 14.4. The number of carbonyl (C=O) groups is 2. The molecule has 2 fully saturated rings. The van der Waals surface area contributed by atoms with Gasteiger partial charge < -0.3 is 10.4 Å². The van der Waals surface area contributed by atoms with Crippen molar-refractivity contribution in [2.45, 2.75) is 59.4 Å². The van der Waals surface area contributed by atoms with Crippen LogP contribution in [0, 0.1) is 22.7 Å². The first-order valence-corrected chi connectivity index (χ1v) is 7.21. The molecule has 2 aliphatic carbocycles. The summed E-state index contributed by atoms with van der Waals surface area (Å²) in [7, 11) is 0. The molecule has 4 heteroatoms. The van der Waals surface area contributed by atoms with Gasteiger partial charge in [0.1, 0.15) is 0 Å². The zero-order chi connectivity index (χ0) is 14.4. The van der Waals surface area contributed by atoms with E-state index in [1.807, 2.05) is 13.8 Å². The highest BCUT2D eigenvalue weighted by molar-refractivity contribution is 5.91. The molecule has 2 rings (SSSR count). The fraction of sp³-hybridized carbons (Fsp3) is 0.867. The van der Waals surface area contributed by atoms with Crippen LogP contribution in [0.5, 0.6) is 0 Å². The Kier molecular flexibility index (Phi) is 3.40. The second-order valence-electron chi connectivity index (χ2n) is 7.41. The molecule has 0 radical (unpaired) electrons. The molecule has 19 heavy (non-hydrogen) atoms. The second kappa shape index (κ2) is 4.50. The third kappa shape index (κ3) is 2.49. The Morgan fingerprint density at radius 2 is 1.74 bits per heavy atom. The van der Waals surface area contributed by atoms with Gasteiger partial charge in [-0.05, 0) is 23.7 Å². The van der Waals surface area contributed by atoms with Crippen LogP contribution in [-0.4, -0.2) is 23.0 Å². The standard InChI is InChI=1S/C15H25NO3/c1-14(2)8-6-5-7-9(14)16-12(17)10-11(13(18)19)15(10,3)4/h9-11H,5-8H2,1-4H3,(H,16,17)(H,18,19). The van der Waals surface area contributed by atoms with Crippen LogP contribution in [0.2, 0.25) is 0 Å². The molecule has 0 aliphatic heterocycles. The van der Waals surface area contributed by atoms with E-state index in [0.717, 1.165) is 19.3 Å². The summed E-state index contributed by atoms with van der Waals surface area (Å²) in [6, 6.07) is 0.180. The number of carboxylic acid groups (broad SMARTS) is 1. The molecule has 2 saturated carbocycles. The van der Waals surface area contributed by atoms with Gasteiger partial charge in [-0.1, -0.05) is 40.5 Å². The van der Waals surface area contributed by atoms with Crippen molar-refractivity contribution in [3.63, 3.8) is 0 Å². The largest absolute Gasteiger partial charge is 0.481 e. The van der Waals surface area contributed by atoms with Gasteiger partial charge in [-0.2, -0.15) is 0 Å². The summed E-state index contributed by atoms with van der Waals surface area (Å²) >= 11 is 0. The predicted molar refractivity (Wildman–Crippen MR) is 72.6 cm³/mol. The van der Waals surface area contributed by atoms with Crippen molar-refractivity contribution in [2.75, 3.05) is 0 Å². The number of amides is 1. The van der Waals surface area contributed by atoms with Crippen LogP contribution in [0.3, 0.4) is 0 Å². The van der Waals surface area contributed by atoms with Gasteiger partial charge in [-0.25, -0.2) is 0 Å². The minimum atomic E-state index is -0.854. The van der Waals surface area contributed by atoms with Gasteiger partial charge in [-0.15, -0.1) is 0 Å². The van der Waals surface area contributed by atoms with Crippen LogP contribution < -0.4 is 5.32 Å². The molecule has 3 atom stereocenters. The topological polar surface area (TPSA) is 66.4 Å². The van der Waals surface area contributed by atoms with E-state index in [0.29, 0.717) is 0 Å². The van der Waals surface area contributed by atoms with E-state index in [1.54, 1.807) is 0 Å². The zero-order valence-corrected chi connectivity index (χ0v) is 12.3. The van der Waals surface area contributed by atoms with Crippen molar-refractivity contribution in [3.05, 3.63) is 0 Å². The normalized spacial score (nSPS) is 35.5. The Morgan fingerprint density at radius 3 is 2.21 bits per heavy atom. The molecule has 0 saturated heterocycles. The molecule has 1 amide bonds. The van der Waals surface area contributed by atoms with E-state index >= 15 is 0 Å². The number of carbonyl (C=O) groups excluding carboxylic acids is 1. The summed E-state index contributed by atoms with van der Waals surface area (Å²) < 4.78 is 0. The summed E-state index contributed by atoms with van der Waals surface area (Å²) in [4.78, 5) is 23.4. The van der Waals surface area contributed by atoms with Gasteiger partial charge in [0.15, 0.2) is 0 Å². The maximum Gasteiger partial charge on any atom is 0.307 e. The van der Waals surface area contributed by atoms with Crippen molar-refractivity contribution in [1.29, 1.82) is 0 Å². The van der Waals surface area contributed by atoms with Crippen molar-refractivity contribution in [2.24, 2.45) is 22.7 Å². The molecule has 0 aromatic rings. The molecule has 2 N–H and O–H groups in total. The van der Waals surface area contributed by atoms with E-state index in [4.69, 9.17) is 5.11 Å². The SMILES string of the molecule is CC1(C)CCCCC1NC(=O)C1C(C(=O)O)C1(C)C. The number of rotatable bonds is 3. The van der Waals surface area contributed by atoms with Gasteiger partial charge in [0, 0.05) is 6.04 Å². The molecular weight excluding hydrogens is 242 g/mol. The summed E-state index contributed by atoms with van der Waals surface area (Å²) in [5.41, 5.74) is -0.291. The lowest BCUT2D eigenvalue weighted by atomic mass is 9.73. The Hall–Kier alpha value is -1.06. The van der Waals surface area contributed by atoms with E-state index < -0.39 is 17.3 Å². The molecule has 3 unspecified atom stereocenters. The van der Waals surface area contributed by atoms with E-state index in [2.05, 4.69) is 19.2 Å². The third-order valence-electron chi connectivity index (χ3n) is 5.20. The zero-order valence-electron chi connectivity index (χ0n) is 12.3. The van der Waals surface area contributed by atoms with E-state index in [9.17, 15) is 9.59 Å². The average Bonchev–Trinajstić information content (AvgIpc) is 2.85. The molecular formula is C15H25NO3. The minimum Gasteiger partial charge on any atom is -0.481 e. The third-order valence-corrected chi connectivity index (χ3v) is 5.20. The molecule has 0 aromatic carbocycles. The van der Waals surface area contributed by atoms with E-state index in [1.165, 1.54) is 6.42 Å². The molecule has 0 spiro atoms. The van der Waals surface area contributed by atoms with Gasteiger partial charge in [0.2, 0.25) is 5.91 Å². The van der Waals surface area contributed by atoms with E-state index in [-0.39, 0.29) is 23.3 Å². The molecule has 0 heterocycles. The lowest BCUT2D eigenvalue weighted by molar-refractivity contribution is -0.140. The highest BCUT2D eigenvalue weighted by atomic mass is 16.4. The summed E-state index contributed by atoms with van der Waals surface area (Å²) in [5.74, 6) is -1.83. The first-order chi connectivity index (χ1) is 8.68. The summed E-state index contributed by atoms with van der Waals surface area (Å²) in [6.07, 6.45) is 4.48. The predicted octanol–water partition coefficient (Wildman–Crippen LogP) is 2.43. The Balaban J connectivity index is 2.01. The molecule has 0 bridgehead atoms. The van der Waals surface area contributed by atoms with Crippen LogP contribution in [0.4, 0.5) is 0 Å². The maximum atomic E-state index is 12.3. The summed E-state index contributed by atoms with van der Waals surface area (Å²) in [5, 5.41) is 12.2. The average molecular weight is 267 g/mol. The number of carboxylic acids is 1. The molecule has 108 valence electrons. The van der Waals surface area contributed by atoms with Crippen molar-refractivity contribution >= 4 is 11.9 Å². The minimum absolute atomic E-state index is 0.0719. The number of hydrogen-bond acceptors (Lipinski definition) is 2. The Morgan fingerprint density at radius 1 is 1.11 bits per heavy atom. The maximum absolute atomic E-state index is 12.3. The van der Waals surface area contributed by atoms with Gasteiger partial charge >= 0.3 is 5.97 Å². The number of hydrogen-bond donors (Lipinski definition) is 2. The van der Waals surface area contributed by atoms with Crippen LogP contribution in [0.1, 0.15) is 53.4 Å². The van der Waals surface area contributed by atoms with Crippen LogP contribution >= 0.6 is 0 Å². The fourth-order valence-electron chi connectivity index (χ4n) is 3.61. The van der Waals surface area contributed by atoms with Gasteiger partial charge in [0.05, 0.1) is 11.8 Å². The van der Waals surface area contributed by atoms with Gasteiger partial charge in [-0.3, -0.25) is 9.59 Å². The highest BCUT2D eigenvalue weighted by Crippen LogP contribution is 2.58. The van der Waals surface area contributed by atoms with Crippen molar-refractivity contribution in [3.8, 4) is 0 Å². The lowest BCUT2D eigenvalue weighted by Crippen LogP contribution is -2.47.